The molecular weight excluding hydrogens is 271 g/mol. The van der Waals surface area contributed by atoms with E-state index in [9.17, 15) is 15.8 Å². The fourth-order valence-corrected chi connectivity index (χ4v) is 0. The molecule has 0 spiro atoms. The van der Waals surface area contributed by atoms with Crippen molar-refractivity contribution >= 4 is 0 Å². The summed E-state index contributed by atoms with van der Waals surface area (Å²) in [7, 11) is 0. The van der Waals surface area contributed by atoms with E-state index in [0.717, 1.165) is 0 Å². The molecule has 48 valence electrons. The Morgan fingerprint density at radius 3 is 0.625 bits per heavy atom. The van der Waals surface area contributed by atoms with Crippen LogP contribution >= 0.6 is 0 Å². The number of halogens is 6. The van der Waals surface area contributed by atoms with Crippen LogP contribution in [0.15, 0.2) is 0 Å². The Hall–Kier alpha value is 1.09. The van der Waals surface area contributed by atoms with Crippen molar-refractivity contribution in [3.8, 4) is 0 Å². The molecule has 8 heteroatoms. The van der Waals surface area contributed by atoms with E-state index in [4.69, 9.17) is 0 Å². The van der Waals surface area contributed by atoms with Crippen molar-refractivity contribution in [1.82, 2.24) is 0 Å². The molecule has 0 radical (unpaired) electrons. The van der Waals surface area contributed by atoms with E-state index in [2.05, 4.69) is 0 Å². The van der Waals surface area contributed by atoms with Gasteiger partial charge in [-0.05, 0) is 0 Å². The van der Waals surface area contributed by atoms with Crippen molar-refractivity contribution < 1.29 is 56.2 Å². The molecule has 0 atom stereocenters. The van der Waals surface area contributed by atoms with Crippen LogP contribution in [0.25, 0.3) is 0 Å². The van der Waals surface area contributed by atoms with Gasteiger partial charge in [-0.25, -0.2) is 0 Å². The maximum atomic E-state index is 9.93. The molecule has 0 fully saturated rings. The van der Waals surface area contributed by atoms with E-state index in [1.807, 2.05) is 0 Å². The fraction of sp³-hybridized carbons (Fsp3) is 0. The molecule has 0 saturated carbocycles. The normalized spacial score (nSPS) is 20.2. The van der Waals surface area contributed by atoms with Gasteiger partial charge in [0.05, 0.1) is 0 Å². The largest absolute Gasteiger partial charge is 0 e. The first-order valence-electron chi connectivity index (χ1n) is 1.13. The molecule has 0 aromatic heterocycles. The smallest absolute Gasteiger partial charge is 0 e. The third kappa shape index (κ3) is 222. The Kier molecular flexibility index (Phi) is 2.32. The Balaban J connectivity index is 0. The summed E-state index contributed by atoms with van der Waals surface area (Å²) in [4.78, 5) is 0. The zero-order valence-corrected chi connectivity index (χ0v) is 8.90. The van der Waals surface area contributed by atoms with Gasteiger partial charge in [0.2, 0.25) is 0 Å². The second-order valence-electron chi connectivity index (χ2n) is 1.07. The molecule has 0 N–H and O–H groups in total. The van der Waals surface area contributed by atoms with Crippen molar-refractivity contribution in [3.63, 3.8) is 0 Å². The monoisotopic (exact) mass is 268 g/mol. The summed E-state index contributed by atoms with van der Waals surface area (Å²) in [5, 5.41) is 0. The van der Waals surface area contributed by atoms with Gasteiger partial charge in [0, 0.05) is 19.5 Å². The van der Waals surface area contributed by atoms with Gasteiger partial charge in [-0.2, -0.15) is 0 Å². The van der Waals surface area contributed by atoms with E-state index < -0.39 is 21.0 Å². The van der Waals surface area contributed by atoms with Gasteiger partial charge in [0.15, 0.2) is 0 Å². The first-order chi connectivity index (χ1) is 2.45. The molecule has 8 heavy (non-hydrogen) atoms. The summed E-state index contributed by atoms with van der Waals surface area (Å²) in [6.07, 6.45) is 0. The SMILES string of the molecule is [F][Zr]([F])([F])([F])([F])[F].[Zn]. The molecular formula is F6ZnZr. The van der Waals surface area contributed by atoms with E-state index in [-0.39, 0.29) is 19.5 Å². The second kappa shape index (κ2) is 1.57. The van der Waals surface area contributed by atoms with Crippen molar-refractivity contribution in [2.45, 2.75) is 0 Å². The molecule has 0 aliphatic carbocycles. The van der Waals surface area contributed by atoms with Gasteiger partial charge in [0.1, 0.15) is 0 Å². The van der Waals surface area contributed by atoms with E-state index >= 15 is 0 Å². The van der Waals surface area contributed by atoms with Crippen LogP contribution in [0, 0.1) is 0 Å². The Bertz CT molecular complexity index is 67.1. The Labute approximate surface area is 56.2 Å². The first-order valence-corrected chi connectivity index (χ1v) is 6.71. The fourth-order valence-electron chi connectivity index (χ4n) is 0. The van der Waals surface area contributed by atoms with Gasteiger partial charge >= 0.3 is 36.7 Å². The average molecular weight is 271 g/mol. The average Bonchev–Trinajstić information content (AvgIpc) is 0.592. The standard InChI is InChI=1S/6FH.Zn.Zr/h6*1H;;/q;;;;;;;+6/p-6. The van der Waals surface area contributed by atoms with Crippen molar-refractivity contribution in [1.29, 1.82) is 0 Å². The molecule has 0 unspecified atom stereocenters. The predicted octanol–water partition coefficient (Wildman–Crippen LogP) is 2.52. The number of hydrogen-bond acceptors (Lipinski definition) is 0. The molecule has 0 nitrogen and oxygen atoms in total. The van der Waals surface area contributed by atoms with Crippen LogP contribution in [0.5, 0.6) is 0 Å². The maximum Gasteiger partial charge on any atom is 0 e. The summed E-state index contributed by atoms with van der Waals surface area (Å²) in [5.74, 6) is 0. The molecule has 0 rings (SSSR count). The van der Waals surface area contributed by atoms with Gasteiger partial charge < -0.3 is 0 Å². The number of hydrogen-bond donors (Lipinski definition) is 0. The molecule has 0 saturated heterocycles. The summed E-state index contributed by atoms with van der Waals surface area (Å²) < 4.78 is 59.6. The van der Waals surface area contributed by atoms with Crippen molar-refractivity contribution in [3.05, 3.63) is 0 Å². The van der Waals surface area contributed by atoms with E-state index in [1.165, 1.54) is 0 Å². The molecule has 0 bridgehead atoms. The van der Waals surface area contributed by atoms with Crippen LogP contribution in [0.1, 0.15) is 0 Å². The maximum absolute atomic E-state index is 11.3. The molecule has 0 aromatic carbocycles. The van der Waals surface area contributed by atoms with E-state index in [0.29, 0.717) is 0 Å². The summed E-state index contributed by atoms with van der Waals surface area (Å²) in [6, 6.07) is 0. The predicted molar refractivity (Wildman–Crippen MR) is 6.65 cm³/mol. The van der Waals surface area contributed by atoms with Crippen LogP contribution in [0.2, 0.25) is 0 Å². The molecule has 0 aromatic rings. The zero-order chi connectivity index (χ0) is 6.41. The van der Waals surface area contributed by atoms with Crippen LogP contribution in [0.3, 0.4) is 0 Å². The van der Waals surface area contributed by atoms with Crippen LogP contribution in [-0.2, 0) is 40.4 Å². The summed E-state index contributed by atoms with van der Waals surface area (Å²) >= 11 is -11.3. The van der Waals surface area contributed by atoms with Crippen molar-refractivity contribution in [2.75, 3.05) is 0 Å². The first kappa shape index (κ1) is 11.8. The summed E-state index contributed by atoms with van der Waals surface area (Å²) in [6.45, 7) is 0. The molecule has 0 aliphatic heterocycles. The van der Waals surface area contributed by atoms with Crippen LogP contribution in [-0.4, -0.2) is 0 Å². The van der Waals surface area contributed by atoms with Crippen LogP contribution < -0.4 is 0 Å². The van der Waals surface area contributed by atoms with Gasteiger partial charge in [0.25, 0.3) is 0 Å². The van der Waals surface area contributed by atoms with Gasteiger partial charge in [-0.1, -0.05) is 0 Å². The molecule has 0 heterocycles. The quantitative estimate of drug-likeness (QED) is 0.469. The minimum absolute atomic E-state index is 0. The summed E-state index contributed by atoms with van der Waals surface area (Å²) in [5.41, 5.74) is 0. The third-order valence-corrected chi connectivity index (χ3v) is 0. The second-order valence-corrected chi connectivity index (χ2v) is 6.34. The zero-order valence-electron chi connectivity index (χ0n) is 3.47. The molecule has 0 aliphatic rings. The van der Waals surface area contributed by atoms with Crippen LogP contribution in [0.4, 0.5) is 15.8 Å². The third-order valence-electron chi connectivity index (χ3n) is 0. The minimum Gasteiger partial charge on any atom is 0 e. The van der Waals surface area contributed by atoms with E-state index in [1.54, 1.807) is 0 Å². The Morgan fingerprint density at radius 2 is 0.625 bits per heavy atom. The van der Waals surface area contributed by atoms with Gasteiger partial charge in [-0.15, -0.1) is 0 Å². The van der Waals surface area contributed by atoms with Crippen molar-refractivity contribution in [2.24, 2.45) is 0 Å². The topological polar surface area (TPSA) is 0 Å². The van der Waals surface area contributed by atoms with Gasteiger partial charge in [-0.3, -0.25) is 0 Å². The molecule has 0 amide bonds. The minimum atomic E-state index is -11.3. The number of rotatable bonds is 0. The Morgan fingerprint density at radius 1 is 0.625 bits per heavy atom.